The monoisotopic (exact) mass is 341 g/mol. The Morgan fingerprint density at radius 1 is 1.26 bits per heavy atom. The number of aryl methyl sites for hydroxylation is 1. The van der Waals surface area contributed by atoms with Gasteiger partial charge in [0.15, 0.2) is 4.34 Å². The van der Waals surface area contributed by atoms with E-state index in [1.165, 1.54) is 17.3 Å². The number of hydrogen-bond donors (Lipinski definition) is 0. The first kappa shape index (κ1) is 14.7. The molecular formula is C17H15N3OS2. The van der Waals surface area contributed by atoms with Crippen LogP contribution in [0.5, 0.6) is 0 Å². The molecule has 23 heavy (non-hydrogen) atoms. The van der Waals surface area contributed by atoms with Gasteiger partial charge in [-0.15, -0.1) is 0 Å². The van der Waals surface area contributed by atoms with E-state index in [9.17, 15) is 4.79 Å². The highest BCUT2D eigenvalue weighted by Crippen LogP contribution is 2.30. The van der Waals surface area contributed by atoms with Crippen LogP contribution in [0.1, 0.15) is 12.0 Å². The normalized spacial score (nSPS) is 14.0. The Balaban J connectivity index is 1.48. The number of nitrogens with zero attached hydrogens (tertiary/aromatic N) is 3. The zero-order valence-electron chi connectivity index (χ0n) is 12.4. The van der Waals surface area contributed by atoms with Crippen molar-refractivity contribution in [3.8, 4) is 0 Å². The molecule has 116 valence electrons. The first-order valence-electron chi connectivity index (χ1n) is 7.54. The summed E-state index contributed by atoms with van der Waals surface area (Å²) in [6, 6.07) is 12.0. The van der Waals surface area contributed by atoms with Crippen LogP contribution in [0.3, 0.4) is 0 Å². The molecule has 4 nitrogen and oxygen atoms in total. The molecule has 0 bridgehead atoms. The van der Waals surface area contributed by atoms with E-state index in [0.717, 1.165) is 39.8 Å². The fourth-order valence-electron chi connectivity index (χ4n) is 2.81. The van der Waals surface area contributed by atoms with Gasteiger partial charge in [0.2, 0.25) is 5.91 Å². The zero-order chi connectivity index (χ0) is 15.6. The number of carbonyl (C=O) groups is 1. The first-order valence-corrected chi connectivity index (χ1v) is 9.34. The average molecular weight is 341 g/mol. The first-order chi connectivity index (χ1) is 11.3. The second kappa shape index (κ2) is 6.29. The quantitative estimate of drug-likeness (QED) is 0.681. The number of thioether (sulfide) groups is 1. The maximum Gasteiger partial charge on any atom is 0.237 e. The topological polar surface area (TPSA) is 46.1 Å². The summed E-state index contributed by atoms with van der Waals surface area (Å²) in [6.07, 6.45) is 3.85. The number of para-hydroxylation sites is 1. The minimum absolute atomic E-state index is 0.148. The molecule has 0 saturated heterocycles. The number of hydrogen-bond acceptors (Lipinski definition) is 5. The minimum Gasteiger partial charge on any atom is -0.311 e. The van der Waals surface area contributed by atoms with Gasteiger partial charge >= 0.3 is 0 Å². The summed E-state index contributed by atoms with van der Waals surface area (Å²) in [5.41, 5.74) is 3.23. The Bertz CT molecular complexity index is 829. The maximum atomic E-state index is 12.6. The molecule has 3 aromatic rings. The molecule has 3 heterocycles. The van der Waals surface area contributed by atoms with Crippen molar-refractivity contribution in [3.05, 3.63) is 48.2 Å². The Morgan fingerprint density at radius 2 is 2.17 bits per heavy atom. The molecule has 4 rings (SSSR count). The van der Waals surface area contributed by atoms with Crippen molar-refractivity contribution in [1.29, 1.82) is 0 Å². The van der Waals surface area contributed by atoms with E-state index < -0.39 is 0 Å². The second-order valence-electron chi connectivity index (χ2n) is 5.37. The third kappa shape index (κ3) is 2.96. The number of benzene rings is 1. The van der Waals surface area contributed by atoms with Crippen LogP contribution in [0.2, 0.25) is 0 Å². The van der Waals surface area contributed by atoms with Gasteiger partial charge in [-0.1, -0.05) is 41.3 Å². The van der Waals surface area contributed by atoms with Crippen LogP contribution in [-0.4, -0.2) is 28.2 Å². The number of pyridine rings is 1. The molecule has 6 heteroatoms. The Kier molecular flexibility index (Phi) is 4.01. The standard InChI is InChI=1S/C17H15N3OS2/c21-15(20-10-4-6-12-5-1-2-8-14(12)20)11-22-17-19-13-7-3-9-18-16(13)23-17/h1-3,5,7-9H,4,6,10-11H2. The highest BCUT2D eigenvalue weighted by Gasteiger charge is 2.22. The van der Waals surface area contributed by atoms with E-state index in [1.807, 2.05) is 35.2 Å². The summed E-state index contributed by atoms with van der Waals surface area (Å²) in [4.78, 5) is 24.3. The smallest absolute Gasteiger partial charge is 0.237 e. The van der Waals surface area contributed by atoms with Gasteiger partial charge in [-0.05, 0) is 36.6 Å². The predicted molar refractivity (Wildman–Crippen MR) is 95.3 cm³/mol. The third-order valence-electron chi connectivity index (χ3n) is 3.88. The summed E-state index contributed by atoms with van der Waals surface area (Å²) >= 11 is 3.04. The van der Waals surface area contributed by atoms with Gasteiger partial charge in [0.25, 0.3) is 0 Å². The van der Waals surface area contributed by atoms with Gasteiger partial charge in [0.05, 0.1) is 5.75 Å². The summed E-state index contributed by atoms with van der Waals surface area (Å²) in [7, 11) is 0. The maximum absolute atomic E-state index is 12.6. The van der Waals surface area contributed by atoms with Crippen LogP contribution in [-0.2, 0) is 11.2 Å². The van der Waals surface area contributed by atoms with Crippen molar-refractivity contribution < 1.29 is 4.79 Å². The molecule has 1 aromatic carbocycles. The van der Waals surface area contributed by atoms with Crippen LogP contribution < -0.4 is 4.90 Å². The van der Waals surface area contributed by atoms with Crippen LogP contribution >= 0.6 is 23.1 Å². The van der Waals surface area contributed by atoms with Crippen LogP contribution in [0, 0.1) is 0 Å². The van der Waals surface area contributed by atoms with Crippen molar-refractivity contribution in [2.24, 2.45) is 0 Å². The number of rotatable bonds is 3. The van der Waals surface area contributed by atoms with E-state index >= 15 is 0 Å². The lowest BCUT2D eigenvalue weighted by Gasteiger charge is -2.29. The van der Waals surface area contributed by atoms with Gasteiger partial charge < -0.3 is 4.90 Å². The van der Waals surface area contributed by atoms with Crippen molar-refractivity contribution in [2.75, 3.05) is 17.2 Å². The second-order valence-corrected chi connectivity index (χ2v) is 7.57. The summed E-state index contributed by atoms with van der Waals surface area (Å²) in [6.45, 7) is 0.803. The van der Waals surface area contributed by atoms with Crippen molar-refractivity contribution in [3.63, 3.8) is 0 Å². The Morgan fingerprint density at radius 3 is 3.09 bits per heavy atom. The summed E-state index contributed by atoms with van der Waals surface area (Å²) in [5, 5.41) is 0. The predicted octanol–water partition coefficient (Wildman–Crippen LogP) is 3.76. The van der Waals surface area contributed by atoms with E-state index in [-0.39, 0.29) is 5.91 Å². The molecule has 0 radical (unpaired) electrons. The summed E-state index contributed by atoms with van der Waals surface area (Å²) < 4.78 is 0.900. The molecule has 0 atom stereocenters. The number of amides is 1. The third-order valence-corrected chi connectivity index (χ3v) is 5.98. The highest BCUT2D eigenvalue weighted by molar-refractivity contribution is 8.01. The highest BCUT2D eigenvalue weighted by atomic mass is 32.2. The van der Waals surface area contributed by atoms with Gasteiger partial charge in [-0.3, -0.25) is 4.79 Å². The van der Waals surface area contributed by atoms with Gasteiger partial charge in [-0.2, -0.15) is 0 Å². The number of carbonyl (C=O) groups excluding carboxylic acids is 1. The largest absolute Gasteiger partial charge is 0.311 e. The number of thiazole rings is 1. The van der Waals surface area contributed by atoms with Crippen LogP contribution in [0.15, 0.2) is 46.9 Å². The van der Waals surface area contributed by atoms with Crippen molar-refractivity contribution in [1.82, 2.24) is 9.97 Å². The van der Waals surface area contributed by atoms with Crippen molar-refractivity contribution in [2.45, 2.75) is 17.2 Å². The van der Waals surface area contributed by atoms with E-state index in [2.05, 4.69) is 16.0 Å². The molecule has 1 aliphatic rings. The van der Waals surface area contributed by atoms with Crippen LogP contribution in [0.25, 0.3) is 10.3 Å². The Labute approximate surface area is 142 Å². The van der Waals surface area contributed by atoms with Crippen LogP contribution in [0.4, 0.5) is 5.69 Å². The Hall–Kier alpha value is -1.92. The number of aromatic nitrogens is 2. The van der Waals surface area contributed by atoms with E-state index in [1.54, 1.807) is 17.5 Å². The average Bonchev–Trinajstić information content (AvgIpc) is 3.02. The minimum atomic E-state index is 0.148. The van der Waals surface area contributed by atoms with Crippen molar-refractivity contribution >= 4 is 45.0 Å². The number of anilines is 1. The number of fused-ring (bicyclic) bond motifs is 2. The fourth-order valence-corrected chi connectivity index (χ4v) is 4.66. The molecule has 0 saturated carbocycles. The zero-order valence-corrected chi connectivity index (χ0v) is 14.1. The van der Waals surface area contributed by atoms with E-state index in [0.29, 0.717) is 5.75 Å². The lowest BCUT2D eigenvalue weighted by Crippen LogP contribution is -2.36. The molecular weight excluding hydrogens is 326 g/mol. The van der Waals surface area contributed by atoms with Gasteiger partial charge in [0.1, 0.15) is 10.3 Å². The van der Waals surface area contributed by atoms with Gasteiger partial charge in [0, 0.05) is 18.4 Å². The summed E-state index contributed by atoms with van der Waals surface area (Å²) in [5.74, 6) is 0.558. The van der Waals surface area contributed by atoms with Gasteiger partial charge in [-0.25, -0.2) is 9.97 Å². The van der Waals surface area contributed by atoms with E-state index in [4.69, 9.17) is 0 Å². The molecule has 2 aromatic heterocycles. The molecule has 1 aliphatic heterocycles. The lowest BCUT2D eigenvalue weighted by atomic mass is 10.0. The molecule has 0 fully saturated rings. The molecule has 0 N–H and O–H groups in total. The molecule has 0 spiro atoms. The lowest BCUT2D eigenvalue weighted by molar-refractivity contribution is -0.116. The molecule has 0 unspecified atom stereocenters. The SMILES string of the molecule is O=C(CSc1nc2cccnc2s1)N1CCCc2ccccc21. The molecule has 1 amide bonds. The molecule has 0 aliphatic carbocycles. The fraction of sp³-hybridized carbons (Fsp3) is 0.235.